The fourth-order valence-electron chi connectivity index (χ4n) is 8.53. The second kappa shape index (κ2) is 11.3. The zero-order chi connectivity index (χ0) is 35.3. The molecule has 0 amide bonds. The Morgan fingerprint density at radius 2 is 1.00 bits per heavy atom. The van der Waals surface area contributed by atoms with E-state index in [1.54, 1.807) is 0 Å². The van der Waals surface area contributed by atoms with Crippen molar-refractivity contribution < 1.29 is 4.42 Å². The Hall–Kier alpha value is -6.95. The lowest BCUT2D eigenvalue weighted by Crippen LogP contribution is -2.00. The Bertz CT molecular complexity index is 3320. The molecule has 8 aromatic carbocycles. The van der Waals surface area contributed by atoms with Crippen LogP contribution in [0.15, 0.2) is 168 Å². The third kappa shape index (κ3) is 4.27. The van der Waals surface area contributed by atoms with Crippen molar-refractivity contribution >= 4 is 64.2 Å². The van der Waals surface area contributed by atoms with Crippen LogP contribution in [0.1, 0.15) is 0 Å². The van der Waals surface area contributed by atoms with E-state index >= 15 is 0 Å². The molecule has 3 heterocycles. The summed E-state index contributed by atoms with van der Waals surface area (Å²) in [5.41, 5.74) is 12.1. The van der Waals surface area contributed by atoms with Gasteiger partial charge in [-0.3, -0.25) is 0 Å². The van der Waals surface area contributed by atoms with Gasteiger partial charge in [-0.15, -0.1) is 11.3 Å². The fraction of sp³-hybridized carbons (Fsp3) is 0. The number of fused-ring (bicyclic) bond motifs is 9. The monoisotopic (exact) mass is 705 g/mol. The zero-order valence-corrected chi connectivity index (χ0v) is 29.6. The second-order valence-corrected chi connectivity index (χ2v) is 15.0. The molecule has 0 saturated carbocycles. The van der Waals surface area contributed by atoms with Crippen LogP contribution in [0.2, 0.25) is 0 Å². The average Bonchev–Trinajstić information content (AvgIpc) is 3.91. The van der Waals surface area contributed by atoms with Crippen molar-refractivity contribution in [2.75, 3.05) is 0 Å². The van der Waals surface area contributed by atoms with Gasteiger partial charge in [0.1, 0.15) is 11.2 Å². The molecule has 1 aliphatic rings. The third-order valence-corrected chi connectivity index (χ3v) is 12.0. The molecule has 0 N–H and O–H groups in total. The first kappa shape index (κ1) is 29.6. The van der Waals surface area contributed by atoms with Crippen molar-refractivity contribution in [3.05, 3.63) is 164 Å². The first-order valence-corrected chi connectivity index (χ1v) is 18.9. The predicted molar refractivity (Wildman–Crippen MR) is 224 cm³/mol. The molecule has 54 heavy (non-hydrogen) atoms. The van der Waals surface area contributed by atoms with Crippen molar-refractivity contribution in [1.29, 1.82) is 0 Å². The minimum absolute atomic E-state index is 0.610. The molecule has 0 spiro atoms. The maximum Gasteiger partial charge on any atom is 0.164 e. The molecular formula is C49H27N3OS. The Morgan fingerprint density at radius 1 is 0.370 bits per heavy atom. The van der Waals surface area contributed by atoms with Crippen LogP contribution < -0.4 is 0 Å². The quantitative estimate of drug-likeness (QED) is 0.183. The standard InChI is InChI=1S/C49H27N3OS/c1-2-11-30(12-3-1)47-50-48(52-49(51-47)36-19-10-21-39-44(36)33-15-4-6-20-38(33)53-39)31-25-23-29(24-26-31)43-45-35-18-9-14-28-13-8-17-32(42(28)35)37(45)27-41-46(43)34-16-5-7-22-40(34)54-41/h1-27H. The SMILES string of the molecule is c1ccc(-c2nc(-c3ccc(-c4c5c(cc6sc7ccccc7c46)-c4cccc6cccc-5c46)cc3)nc(-c3cccc4oc5ccccc5c34)n2)cc1. The highest BCUT2D eigenvalue weighted by molar-refractivity contribution is 7.26. The van der Waals surface area contributed by atoms with Crippen LogP contribution in [0.4, 0.5) is 0 Å². The van der Waals surface area contributed by atoms with Gasteiger partial charge in [-0.1, -0.05) is 140 Å². The van der Waals surface area contributed by atoms with E-state index in [2.05, 4.69) is 103 Å². The van der Waals surface area contributed by atoms with E-state index in [1.165, 1.54) is 64.3 Å². The Labute approximate surface area is 313 Å². The molecule has 12 rings (SSSR count). The number of hydrogen-bond acceptors (Lipinski definition) is 5. The maximum absolute atomic E-state index is 6.25. The summed E-state index contributed by atoms with van der Waals surface area (Å²) in [4.78, 5) is 15.3. The number of benzene rings is 8. The maximum atomic E-state index is 6.25. The van der Waals surface area contributed by atoms with Gasteiger partial charge in [-0.25, -0.2) is 15.0 Å². The van der Waals surface area contributed by atoms with E-state index < -0.39 is 0 Å². The molecule has 0 aliphatic heterocycles. The second-order valence-electron chi connectivity index (χ2n) is 13.9. The Morgan fingerprint density at radius 3 is 1.83 bits per heavy atom. The molecule has 0 saturated heterocycles. The number of hydrogen-bond donors (Lipinski definition) is 0. The minimum Gasteiger partial charge on any atom is -0.456 e. The van der Waals surface area contributed by atoms with Gasteiger partial charge in [0.05, 0.1) is 0 Å². The first-order valence-electron chi connectivity index (χ1n) is 18.1. The summed E-state index contributed by atoms with van der Waals surface area (Å²) < 4.78 is 8.85. The van der Waals surface area contributed by atoms with E-state index in [1.807, 2.05) is 72.0 Å². The third-order valence-electron chi connectivity index (χ3n) is 10.9. The van der Waals surface area contributed by atoms with Gasteiger partial charge in [0.2, 0.25) is 0 Å². The highest BCUT2D eigenvalue weighted by atomic mass is 32.1. The molecule has 1 aliphatic carbocycles. The summed E-state index contributed by atoms with van der Waals surface area (Å²) in [6.07, 6.45) is 0. The molecule has 4 nitrogen and oxygen atoms in total. The summed E-state index contributed by atoms with van der Waals surface area (Å²) in [5.74, 6) is 1.86. The molecule has 0 unspecified atom stereocenters. The number of thiophene rings is 1. The van der Waals surface area contributed by atoms with Gasteiger partial charge in [0.25, 0.3) is 0 Å². The summed E-state index contributed by atoms with van der Waals surface area (Å²) in [6.45, 7) is 0. The van der Waals surface area contributed by atoms with Crippen LogP contribution in [0.3, 0.4) is 0 Å². The van der Waals surface area contributed by atoms with Crippen molar-refractivity contribution in [1.82, 2.24) is 15.0 Å². The lowest BCUT2D eigenvalue weighted by molar-refractivity contribution is 0.669. The van der Waals surface area contributed by atoms with Crippen LogP contribution >= 0.6 is 11.3 Å². The number of rotatable bonds is 4. The normalized spacial score (nSPS) is 12.1. The van der Waals surface area contributed by atoms with Crippen LogP contribution in [-0.4, -0.2) is 15.0 Å². The molecule has 0 bridgehead atoms. The number of aromatic nitrogens is 3. The van der Waals surface area contributed by atoms with Gasteiger partial charge < -0.3 is 4.42 Å². The van der Waals surface area contributed by atoms with Gasteiger partial charge in [-0.05, 0) is 68.4 Å². The van der Waals surface area contributed by atoms with Gasteiger partial charge in [-0.2, -0.15) is 0 Å². The predicted octanol–water partition coefficient (Wildman–Crippen LogP) is 13.6. The molecule has 3 aromatic heterocycles. The summed E-state index contributed by atoms with van der Waals surface area (Å²) >= 11 is 1.87. The molecule has 250 valence electrons. The Kier molecular flexibility index (Phi) is 6.18. The molecule has 11 aromatic rings. The summed E-state index contributed by atoms with van der Waals surface area (Å²) in [6, 6.07) is 57.8. The van der Waals surface area contributed by atoms with Crippen molar-refractivity contribution in [2.45, 2.75) is 0 Å². The van der Waals surface area contributed by atoms with Crippen LogP contribution in [0.25, 0.3) is 120 Å². The number of nitrogens with zero attached hydrogens (tertiary/aromatic N) is 3. The molecule has 0 fully saturated rings. The summed E-state index contributed by atoms with van der Waals surface area (Å²) in [5, 5.41) is 7.24. The van der Waals surface area contributed by atoms with Gasteiger partial charge >= 0.3 is 0 Å². The molecular weight excluding hydrogens is 679 g/mol. The molecule has 0 atom stereocenters. The lowest BCUT2D eigenvalue weighted by atomic mass is 9.89. The topological polar surface area (TPSA) is 51.8 Å². The molecule has 5 heteroatoms. The van der Waals surface area contributed by atoms with Crippen LogP contribution in [0.5, 0.6) is 0 Å². The van der Waals surface area contributed by atoms with Gasteiger partial charge in [0.15, 0.2) is 17.5 Å². The van der Waals surface area contributed by atoms with Crippen molar-refractivity contribution in [3.63, 3.8) is 0 Å². The average molecular weight is 706 g/mol. The van der Waals surface area contributed by atoms with Crippen LogP contribution in [0, 0.1) is 0 Å². The first-order chi connectivity index (χ1) is 26.8. The Balaban J connectivity index is 1.07. The highest BCUT2D eigenvalue weighted by Crippen LogP contribution is 2.55. The van der Waals surface area contributed by atoms with E-state index in [0.717, 1.165) is 38.6 Å². The van der Waals surface area contributed by atoms with E-state index in [-0.39, 0.29) is 0 Å². The van der Waals surface area contributed by atoms with Crippen molar-refractivity contribution in [3.8, 4) is 67.5 Å². The smallest absolute Gasteiger partial charge is 0.164 e. The number of para-hydroxylation sites is 1. The van der Waals surface area contributed by atoms with E-state index in [0.29, 0.717) is 17.5 Å². The zero-order valence-electron chi connectivity index (χ0n) is 28.7. The lowest BCUT2D eigenvalue weighted by Gasteiger charge is -2.14. The number of furan rings is 1. The van der Waals surface area contributed by atoms with Gasteiger partial charge in [0, 0.05) is 47.6 Å². The fourth-order valence-corrected chi connectivity index (χ4v) is 9.68. The largest absolute Gasteiger partial charge is 0.456 e. The highest BCUT2D eigenvalue weighted by Gasteiger charge is 2.28. The van der Waals surface area contributed by atoms with Crippen molar-refractivity contribution in [2.24, 2.45) is 0 Å². The van der Waals surface area contributed by atoms with E-state index in [4.69, 9.17) is 19.4 Å². The molecule has 0 radical (unpaired) electrons. The summed E-state index contributed by atoms with van der Waals surface area (Å²) in [7, 11) is 0. The minimum atomic E-state index is 0.610. The van der Waals surface area contributed by atoms with E-state index in [9.17, 15) is 0 Å². The van der Waals surface area contributed by atoms with Crippen LogP contribution in [-0.2, 0) is 0 Å².